The third kappa shape index (κ3) is 1.97. The molecule has 0 saturated carbocycles. The highest BCUT2D eigenvalue weighted by Crippen LogP contribution is 2.51. The first kappa shape index (κ1) is 15.0. The number of carbonyl (C=O) groups excluding carboxylic acids is 1. The molecule has 0 bridgehead atoms. The van der Waals surface area contributed by atoms with Crippen molar-refractivity contribution in [2.24, 2.45) is 11.8 Å². The summed E-state index contributed by atoms with van der Waals surface area (Å²) in [6.45, 7) is 4.72. The molecule has 0 amide bonds. The van der Waals surface area contributed by atoms with Crippen molar-refractivity contribution in [1.82, 2.24) is 0 Å². The monoisotopic (exact) mass is 298 g/mol. The van der Waals surface area contributed by atoms with Crippen LogP contribution in [0, 0.1) is 11.8 Å². The number of carbonyl (C=O) groups is 1. The van der Waals surface area contributed by atoms with Gasteiger partial charge in [-0.2, -0.15) is 0 Å². The van der Waals surface area contributed by atoms with Gasteiger partial charge in [0.1, 0.15) is 6.10 Å². The Bertz CT molecular complexity index is 520. The van der Waals surface area contributed by atoms with Crippen LogP contribution in [-0.2, 0) is 9.53 Å². The van der Waals surface area contributed by atoms with E-state index < -0.39 is 47.3 Å². The molecule has 0 aromatic carbocycles. The van der Waals surface area contributed by atoms with Gasteiger partial charge >= 0.3 is 5.97 Å². The Kier molecular flexibility index (Phi) is 3.05. The van der Waals surface area contributed by atoms with Crippen molar-refractivity contribution in [2.45, 2.75) is 63.1 Å². The summed E-state index contributed by atoms with van der Waals surface area (Å²) in [7, 11) is 0. The Morgan fingerprint density at radius 2 is 1.67 bits per heavy atom. The second kappa shape index (κ2) is 4.29. The molecule has 0 aromatic rings. The third-order valence-corrected chi connectivity index (χ3v) is 5.28. The van der Waals surface area contributed by atoms with Gasteiger partial charge < -0.3 is 25.2 Å². The summed E-state index contributed by atoms with van der Waals surface area (Å²) in [6.07, 6.45) is -2.61. The van der Waals surface area contributed by atoms with Crippen LogP contribution in [0.5, 0.6) is 0 Å². The molecule has 1 heterocycles. The fourth-order valence-corrected chi connectivity index (χ4v) is 4.35. The minimum atomic E-state index is -1.43. The zero-order valence-corrected chi connectivity index (χ0v) is 12.4. The molecule has 3 rings (SSSR count). The Balaban J connectivity index is 2.15. The molecule has 7 unspecified atom stereocenters. The fraction of sp³-hybridized carbons (Fsp3) is 0.800. The molecule has 0 spiro atoms. The van der Waals surface area contributed by atoms with Gasteiger partial charge in [-0.05, 0) is 25.0 Å². The van der Waals surface area contributed by atoms with E-state index in [0.29, 0.717) is 0 Å². The van der Waals surface area contributed by atoms with Crippen LogP contribution < -0.4 is 0 Å². The van der Waals surface area contributed by atoms with Crippen molar-refractivity contribution < 1.29 is 30.0 Å². The van der Waals surface area contributed by atoms with Crippen LogP contribution in [0.25, 0.3) is 0 Å². The summed E-state index contributed by atoms with van der Waals surface area (Å²) >= 11 is 0. The Labute approximate surface area is 123 Å². The summed E-state index contributed by atoms with van der Waals surface area (Å²) in [5.41, 5.74) is -2.31. The zero-order valence-electron chi connectivity index (χ0n) is 12.4. The lowest BCUT2D eigenvalue weighted by atomic mass is 9.80. The molecule has 2 aliphatic carbocycles. The topological polar surface area (TPSA) is 107 Å². The minimum Gasteiger partial charge on any atom is -0.462 e. The molecule has 1 aliphatic heterocycles. The number of esters is 1. The van der Waals surface area contributed by atoms with E-state index in [-0.39, 0.29) is 24.0 Å². The van der Waals surface area contributed by atoms with E-state index in [2.05, 4.69) is 0 Å². The van der Waals surface area contributed by atoms with Gasteiger partial charge in [-0.1, -0.05) is 6.92 Å². The summed E-state index contributed by atoms with van der Waals surface area (Å²) in [5.74, 6) is -1.43. The molecule has 0 aromatic heterocycles. The van der Waals surface area contributed by atoms with Crippen molar-refractivity contribution in [3.63, 3.8) is 0 Å². The number of hydrogen-bond acceptors (Lipinski definition) is 6. The van der Waals surface area contributed by atoms with Gasteiger partial charge in [-0.15, -0.1) is 0 Å². The van der Waals surface area contributed by atoms with E-state index in [1.165, 1.54) is 13.8 Å². The quantitative estimate of drug-likeness (QED) is 0.354. The van der Waals surface area contributed by atoms with Gasteiger partial charge in [0.25, 0.3) is 0 Å². The van der Waals surface area contributed by atoms with Crippen molar-refractivity contribution in [2.75, 3.05) is 0 Å². The molecule has 4 N–H and O–H groups in total. The molecule has 1 fully saturated rings. The summed E-state index contributed by atoms with van der Waals surface area (Å²) < 4.78 is 5.28. The van der Waals surface area contributed by atoms with E-state index in [9.17, 15) is 25.2 Å². The first-order valence-corrected chi connectivity index (χ1v) is 7.32. The SMILES string of the molecule is CC1C(=O)OC2CC(C)(O)C3=C(C(O)C21)C(C)(O)CC3O. The molecule has 3 aliphatic rings. The zero-order chi connectivity index (χ0) is 15.7. The molecular weight excluding hydrogens is 276 g/mol. The summed E-state index contributed by atoms with van der Waals surface area (Å²) in [6, 6.07) is 0. The van der Waals surface area contributed by atoms with Gasteiger partial charge in [-0.3, -0.25) is 4.79 Å². The summed E-state index contributed by atoms with van der Waals surface area (Å²) in [5, 5.41) is 42.2. The standard InChI is InChI=1S/C15H22O6/c1-6-9-8(21-13(6)18)5-15(3,20)10-7(16)4-14(2,19)11(10)12(9)17/h6-9,12,16-17,19-20H,4-5H2,1-3H3. The van der Waals surface area contributed by atoms with E-state index >= 15 is 0 Å². The van der Waals surface area contributed by atoms with E-state index in [1.54, 1.807) is 6.92 Å². The van der Waals surface area contributed by atoms with Gasteiger partial charge in [0.05, 0.1) is 29.3 Å². The van der Waals surface area contributed by atoms with Gasteiger partial charge in [0.2, 0.25) is 0 Å². The average molecular weight is 298 g/mol. The highest BCUT2D eigenvalue weighted by molar-refractivity contribution is 5.75. The number of aliphatic hydroxyl groups excluding tert-OH is 2. The Hall–Kier alpha value is -0.950. The second-order valence-electron chi connectivity index (χ2n) is 7.09. The number of rotatable bonds is 0. The molecule has 118 valence electrons. The largest absolute Gasteiger partial charge is 0.462 e. The first-order chi connectivity index (χ1) is 9.56. The van der Waals surface area contributed by atoms with E-state index in [0.717, 1.165) is 0 Å². The first-order valence-electron chi connectivity index (χ1n) is 7.32. The molecule has 0 radical (unpaired) electrons. The maximum atomic E-state index is 11.8. The van der Waals surface area contributed by atoms with Crippen LogP contribution in [0.2, 0.25) is 0 Å². The molecule has 21 heavy (non-hydrogen) atoms. The highest BCUT2D eigenvalue weighted by atomic mass is 16.6. The number of ether oxygens (including phenoxy) is 1. The van der Waals surface area contributed by atoms with Crippen LogP contribution in [0.15, 0.2) is 11.1 Å². The summed E-state index contributed by atoms with van der Waals surface area (Å²) in [4.78, 5) is 11.8. The molecule has 1 saturated heterocycles. The van der Waals surface area contributed by atoms with Crippen molar-refractivity contribution in [3.05, 3.63) is 11.1 Å². The Morgan fingerprint density at radius 3 is 2.29 bits per heavy atom. The van der Waals surface area contributed by atoms with E-state index in [1.807, 2.05) is 0 Å². The van der Waals surface area contributed by atoms with Gasteiger partial charge in [-0.25, -0.2) is 0 Å². The lowest BCUT2D eigenvalue weighted by Gasteiger charge is -2.30. The van der Waals surface area contributed by atoms with Crippen LogP contribution in [0.3, 0.4) is 0 Å². The maximum Gasteiger partial charge on any atom is 0.309 e. The van der Waals surface area contributed by atoms with Crippen LogP contribution >= 0.6 is 0 Å². The predicted octanol–water partition coefficient (Wildman–Crippen LogP) is -0.508. The predicted molar refractivity (Wildman–Crippen MR) is 72.1 cm³/mol. The van der Waals surface area contributed by atoms with E-state index in [4.69, 9.17) is 4.74 Å². The fourth-order valence-electron chi connectivity index (χ4n) is 4.35. The maximum absolute atomic E-state index is 11.8. The molecular formula is C15H22O6. The normalized spacial score (nSPS) is 53.3. The van der Waals surface area contributed by atoms with Crippen LogP contribution in [0.1, 0.15) is 33.6 Å². The number of fused-ring (bicyclic) bond motifs is 1. The lowest BCUT2D eigenvalue weighted by Crippen LogP contribution is -2.40. The minimum absolute atomic E-state index is 0.0332. The molecule has 7 atom stereocenters. The van der Waals surface area contributed by atoms with Gasteiger partial charge in [0, 0.05) is 18.8 Å². The highest BCUT2D eigenvalue weighted by Gasteiger charge is 2.58. The van der Waals surface area contributed by atoms with Gasteiger partial charge in [0.15, 0.2) is 0 Å². The number of aliphatic hydroxyl groups is 4. The average Bonchev–Trinajstić information content (AvgIpc) is 2.68. The number of hydrogen-bond donors (Lipinski definition) is 4. The van der Waals surface area contributed by atoms with Crippen molar-refractivity contribution in [1.29, 1.82) is 0 Å². The van der Waals surface area contributed by atoms with Crippen molar-refractivity contribution in [3.8, 4) is 0 Å². The second-order valence-corrected chi connectivity index (χ2v) is 7.09. The lowest BCUT2D eigenvalue weighted by molar-refractivity contribution is -0.145. The van der Waals surface area contributed by atoms with Crippen molar-refractivity contribution >= 4 is 5.97 Å². The smallest absolute Gasteiger partial charge is 0.309 e. The molecule has 6 heteroatoms. The third-order valence-electron chi connectivity index (χ3n) is 5.28. The Morgan fingerprint density at radius 1 is 1.10 bits per heavy atom. The molecule has 6 nitrogen and oxygen atoms in total. The van der Waals surface area contributed by atoms with Crippen LogP contribution in [0.4, 0.5) is 0 Å². The van der Waals surface area contributed by atoms with Crippen LogP contribution in [-0.4, -0.2) is 55.9 Å².